The first-order chi connectivity index (χ1) is 22.6. The van der Waals surface area contributed by atoms with E-state index < -0.39 is 0 Å². The summed E-state index contributed by atoms with van der Waals surface area (Å²) < 4.78 is 10.8. The van der Waals surface area contributed by atoms with E-state index in [0.717, 1.165) is 44.6 Å². The van der Waals surface area contributed by atoms with Gasteiger partial charge in [-0.2, -0.15) is 22.9 Å². The van der Waals surface area contributed by atoms with Gasteiger partial charge in [0.1, 0.15) is 5.82 Å². The summed E-state index contributed by atoms with van der Waals surface area (Å²) >= 11 is 1.95. The van der Waals surface area contributed by atoms with Crippen molar-refractivity contribution in [2.75, 3.05) is 6.26 Å². The Kier molecular flexibility index (Phi) is 9.80. The molecule has 0 bridgehead atoms. The predicted molar refractivity (Wildman–Crippen MR) is 196 cm³/mol. The maximum absolute atomic E-state index is 6.60. The van der Waals surface area contributed by atoms with Gasteiger partial charge < -0.3 is 9.30 Å². The van der Waals surface area contributed by atoms with Gasteiger partial charge in [-0.1, -0.05) is 56.1 Å². The molecule has 0 radical (unpaired) electrons. The van der Waals surface area contributed by atoms with Crippen molar-refractivity contribution < 1.29 is 25.8 Å². The van der Waals surface area contributed by atoms with Crippen LogP contribution in [-0.2, 0) is 21.1 Å². The van der Waals surface area contributed by atoms with Crippen LogP contribution in [0.3, 0.4) is 0 Å². The van der Waals surface area contributed by atoms with Crippen molar-refractivity contribution in [2.45, 2.75) is 72.0 Å². The minimum Gasteiger partial charge on any atom is -0.509 e. The van der Waals surface area contributed by atoms with Gasteiger partial charge in [-0.05, 0) is 87.0 Å². The van der Waals surface area contributed by atoms with Crippen LogP contribution in [-0.4, -0.2) is 30.8 Å². The third kappa shape index (κ3) is 6.18. The molecule has 3 aromatic carbocycles. The monoisotopic (exact) mass is 833 g/mol. The van der Waals surface area contributed by atoms with Gasteiger partial charge >= 0.3 is 21.1 Å². The fourth-order valence-electron chi connectivity index (χ4n) is 7.42. The second kappa shape index (κ2) is 13.7. The van der Waals surface area contributed by atoms with Crippen LogP contribution < -0.4 is 4.74 Å². The van der Waals surface area contributed by atoms with Crippen molar-refractivity contribution in [3.8, 4) is 23.0 Å². The first-order valence-electron chi connectivity index (χ1n) is 16.5. The molecule has 0 N–H and O–H groups in total. The number of hydrogen-bond donors (Lipinski definition) is 0. The van der Waals surface area contributed by atoms with Crippen LogP contribution >= 0.6 is 11.8 Å². The Morgan fingerprint density at radius 2 is 1.73 bits per heavy atom. The average molecular weight is 834 g/mol. The van der Waals surface area contributed by atoms with Gasteiger partial charge in [0.05, 0.1) is 5.69 Å². The minimum atomic E-state index is 0. The maximum Gasteiger partial charge on any atom is 2.00 e. The molecule has 0 spiro atoms. The quantitative estimate of drug-likeness (QED) is 0.119. The molecule has 7 heteroatoms. The summed E-state index contributed by atoms with van der Waals surface area (Å²) in [6.07, 6.45) is 7.71. The number of nitrogens with zero attached hydrogens (tertiary/aromatic N) is 4. The van der Waals surface area contributed by atoms with E-state index in [1.165, 1.54) is 28.8 Å². The number of aryl methyl sites for hydroxylation is 2. The number of aromatic nitrogens is 4. The number of hydrogen-bond acceptors (Lipinski definition) is 4. The number of ether oxygens (including phenoxy) is 1. The molecule has 3 aromatic heterocycles. The molecule has 0 amide bonds. The molecule has 0 fully saturated rings. The molecule has 248 valence electrons. The molecule has 0 saturated carbocycles. The molecule has 5 nitrogen and oxygen atoms in total. The van der Waals surface area contributed by atoms with Gasteiger partial charge in [-0.25, -0.2) is 4.98 Å². The van der Waals surface area contributed by atoms with Gasteiger partial charge in [0, 0.05) is 45.6 Å². The fourth-order valence-corrected chi connectivity index (χ4v) is 8.26. The fraction of sp³-hybridized carbons (Fsp3) is 0.317. The van der Waals surface area contributed by atoms with E-state index >= 15 is 0 Å². The van der Waals surface area contributed by atoms with E-state index in [1.54, 1.807) is 0 Å². The zero-order valence-corrected chi connectivity index (χ0v) is 32.0. The molecule has 1 aliphatic rings. The Balaban J connectivity index is 0.00000401. The Bertz CT molecular complexity index is 2160. The molecule has 1 unspecified atom stereocenters. The van der Waals surface area contributed by atoms with E-state index in [4.69, 9.17) is 14.8 Å². The third-order valence-electron chi connectivity index (χ3n) is 9.73. The smallest absolute Gasteiger partial charge is 0.509 e. The van der Waals surface area contributed by atoms with Crippen molar-refractivity contribution in [2.24, 2.45) is 5.92 Å². The van der Waals surface area contributed by atoms with Gasteiger partial charge in [-0.15, -0.1) is 41.3 Å². The van der Waals surface area contributed by atoms with Crippen molar-refractivity contribution in [1.82, 2.24) is 19.3 Å². The largest absolute Gasteiger partial charge is 2.00 e. The SMILES string of the molecule is CS[C@H]1C=C(C)C(c2c(C)nn(-c3[c-]c(Oc4[c-]c5c(cc4)c4ccccc4n5-c4cc(C)ccn4)cc(C(C)C)c3)c2C)[C@@H](C)C1.[Pt+2]. The zero-order valence-electron chi connectivity index (χ0n) is 28.9. The van der Waals surface area contributed by atoms with Crippen molar-refractivity contribution >= 4 is 33.6 Å². The summed E-state index contributed by atoms with van der Waals surface area (Å²) in [5.41, 5.74) is 10.3. The summed E-state index contributed by atoms with van der Waals surface area (Å²) in [7, 11) is 0. The van der Waals surface area contributed by atoms with Gasteiger partial charge in [-0.3, -0.25) is 4.68 Å². The van der Waals surface area contributed by atoms with Crippen LogP contribution in [0.4, 0.5) is 0 Å². The molecule has 6 aromatic rings. The Morgan fingerprint density at radius 3 is 2.46 bits per heavy atom. The van der Waals surface area contributed by atoms with Crippen LogP contribution in [0.2, 0.25) is 0 Å². The second-order valence-electron chi connectivity index (χ2n) is 13.4. The van der Waals surface area contributed by atoms with Crippen LogP contribution in [0.25, 0.3) is 33.3 Å². The molecule has 3 heterocycles. The van der Waals surface area contributed by atoms with Crippen molar-refractivity contribution in [3.63, 3.8) is 0 Å². The minimum absolute atomic E-state index is 0. The number of allylic oxidation sites excluding steroid dienone is 1. The van der Waals surface area contributed by atoms with Crippen LogP contribution in [0, 0.1) is 38.8 Å². The third-order valence-corrected chi connectivity index (χ3v) is 10.7. The molecule has 48 heavy (non-hydrogen) atoms. The van der Waals surface area contributed by atoms with Gasteiger partial charge in [0.25, 0.3) is 0 Å². The molecular formula is C41H42N4OPtS. The topological polar surface area (TPSA) is 44.9 Å². The Hall–Kier alpha value is -3.60. The number of benzene rings is 3. The Labute approximate surface area is 303 Å². The van der Waals surface area contributed by atoms with E-state index in [9.17, 15) is 0 Å². The van der Waals surface area contributed by atoms with Gasteiger partial charge in [0.15, 0.2) is 0 Å². The van der Waals surface area contributed by atoms with Crippen LogP contribution in [0.5, 0.6) is 11.5 Å². The number of pyridine rings is 1. The molecule has 0 saturated heterocycles. The van der Waals surface area contributed by atoms with E-state index in [0.29, 0.717) is 34.5 Å². The summed E-state index contributed by atoms with van der Waals surface area (Å²) in [4.78, 5) is 4.72. The molecule has 0 aliphatic heterocycles. The summed E-state index contributed by atoms with van der Waals surface area (Å²) in [5, 5.41) is 7.96. The zero-order chi connectivity index (χ0) is 33.0. The second-order valence-corrected chi connectivity index (χ2v) is 14.5. The number of rotatable bonds is 7. The first kappa shape index (κ1) is 34.3. The van der Waals surface area contributed by atoms with E-state index in [-0.39, 0.29) is 21.1 Å². The maximum atomic E-state index is 6.60. The van der Waals surface area contributed by atoms with Crippen LogP contribution in [0.1, 0.15) is 74.0 Å². The molecular weight excluding hydrogens is 792 g/mol. The number of para-hydroxylation sites is 1. The Morgan fingerprint density at radius 1 is 0.938 bits per heavy atom. The van der Waals surface area contributed by atoms with Crippen molar-refractivity contribution in [3.05, 3.63) is 119 Å². The van der Waals surface area contributed by atoms with E-state index in [1.807, 2.05) is 30.1 Å². The predicted octanol–water partition coefficient (Wildman–Crippen LogP) is 10.6. The molecule has 3 atom stereocenters. The molecule has 1 aliphatic carbocycles. The summed E-state index contributed by atoms with van der Waals surface area (Å²) in [6.45, 7) is 15.5. The standard InChI is InChI=1S/C41H42N4OS.Pt/c1-24(2)30-20-31(45-29(7)41(28(6)43-45)40-26(4)18-34(47-8)19-27(40)5)22-33(21-30)46-32-13-14-36-35-11-9-10-12-37(35)44(38(36)23-32)39-17-25(3)15-16-42-39;/h9-18,20-21,24,27,34,40H,19H2,1-8H3;/q-2;+2/t27-,34-,40?;/m0./s1. The molecule has 7 rings (SSSR count). The van der Waals surface area contributed by atoms with E-state index in [2.05, 4.69) is 131 Å². The number of thioether (sulfide) groups is 1. The summed E-state index contributed by atoms with van der Waals surface area (Å²) in [6, 6.07) is 28.1. The van der Waals surface area contributed by atoms with Crippen molar-refractivity contribution in [1.29, 1.82) is 0 Å². The summed E-state index contributed by atoms with van der Waals surface area (Å²) in [5.74, 6) is 3.36. The normalized spacial score (nSPS) is 17.9. The van der Waals surface area contributed by atoms with Crippen LogP contribution in [0.15, 0.2) is 78.5 Å². The number of fused-ring (bicyclic) bond motifs is 3. The first-order valence-corrected chi connectivity index (χ1v) is 17.8. The average Bonchev–Trinajstić information content (AvgIpc) is 3.53. The van der Waals surface area contributed by atoms with Gasteiger partial charge in [0.2, 0.25) is 0 Å².